The van der Waals surface area contributed by atoms with Crippen LogP contribution in [0.1, 0.15) is 11.1 Å². The molecule has 3 rings (SSSR count). The van der Waals surface area contributed by atoms with Crippen molar-refractivity contribution in [2.45, 2.75) is 13.3 Å². The Kier molecular flexibility index (Phi) is 3.83. The standard InChI is InChI=1S/C18H18N2O2/c1-12-5-3-4-6-16(12)20-18(21)9-13-11-19-17-8-7-14(22-2)10-15(13)17/h3-8,10-11,19H,9H2,1-2H3,(H,20,21). The van der Waals surface area contributed by atoms with Crippen LogP contribution in [0.5, 0.6) is 5.75 Å². The number of carbonyl (C=O) groups excluding carboxylic acids is 1. The molecule has 1 aromatic heterocycles. The highest BCUT2D eigenvalue weighted by atomic mass is 16.5. The fraction of sp³-hybridized carbons (Fsp3) is 0.167. The zero-order valence-corrected chi connectivity index (χ0v) is 12.6. The zero-order chi connectivity index (χ0) is 15.5. The summed E-state index contributed by atoms with van der Waals surface area (Å²) in [5.74, 6) is 0.755. The van der Waals surface area contributed by atoms with Crippen LogP contribution in [-0.2, 0) is 11.2 Å². The molecule has 0 unspecified atom stereocenters. The number of anilines is 1. The quantitative estimate of drug-likeness (QED) is 0.771. The first kappa shape index (κ1) is 14.2. The molecule has 0 fully saturated rings. The third-order valence-corrected chi connectivity index (χ3v) is 3.74. The van der Waals surface area contributed by atoms with Gasteiger partial charge in [-0.25, -0.2) is 0 Å². The molecule has 0 aliphatic heterocycles. The fourth-order valence-electron chi connectivity index (χ4n) is 2.51. The molecule has 3 aromatic rings. The van der Waals surface area contributed by atoms with Gasteiger partial charge < -0.3 is 15.0 Å². The number of rotatable bonds is 4. The van der Waals surface area contributed by atoms with Gasteiger partial charge in [-0.3, -0.25) is 4.79 Å². The maximum Gasteiger partial charge on any atom is 0.228 e. The van der Waals surface area contributed by atoms with Crippen molar-refractivity contribution in [3.63, 3.8) is 0 Å². The highest BCUT2D eigenvalue weighted by molar-refractivity contribution is 5.96. The number of para-hydroxylation sites is 1. The highest BCUT2D eigenvalue weighted by Crippen LogP contribution is 2.24. The summed E-state index contributed by atoms with van der Waals surface area (Å²) in [5, 5.41) is 3.97. The molecule has 0 aliphatic rings. The molecule has 2 aromatic carbocycles. The van der Waals surface area contributed by atoms with E-state index in [2.05, 4.69) is 10.3 Å². The van der Waals surface area contributed by atoms with Crippen LogP contribution in [-0.4, -0.2) is 18.0 Å². The van der Waals surface area contributed by atoms with Gasteiger partial charge in [-0.1, -0.05) is 18.2 Å². The second-order valence-electron chi connectivity index (χ2n) is 5.27. The Labute approximate surface area is 129 Å². The Bertz CT molecular complexity index is 821. The first-order valence-electron chi connectivity index (χ1n) is 7.17. The SMILES string of the molecule is COc1ccc2[nH]cc(CC(=O)Nc3ccccc3C)c2c1. The van der Waals surface area contributed by atoms with Gasteiger partial charge in [0.15, 0.2) is 0 Å². The fourth-order valence-corrected chi connectivity index (χ4v) is 2.51. The van der Waals surface area contributed by atoms with Crippen LogP contribution in [0.15, 0.2) is 48.7 Å². The second-order valence-corrected chi connectivity index (χ2v) is 5.27. The predicted molar refractivity (Wildman–Crippen MR) is 88.4 cm³/mol. The van der Waals surface area contributed by atoms with E-state index < -0.39 is 0 Å². The van der Waals surface area contributed by atoms with Crippen LogP contribution in [0.2, 0.25) is 0 Å². The molecular formula is C18H18N2O2. The van der Waals surface area contributed by atoms with E-state index in [1.807, 2.05) is 55.6 Å². The van der Waals surface area contributed by atoms with Crippen LogP contribution in [0.4, 0.5) is 5.69 Å². The van der Waals surface area contributed by atoms with Gasteiger partial charge in [0.1, 0.15) is 5.75 Å². The van der Waals surface area contributed by atoms with E-state index in [9.17, 15) is 4.79 Å². The third-order valence-electron chi connectivity index (χ3n) is 3.74. The molecule has 4 heteroatoms. The average Bonchev–Trinajstić information content (AvgIpc) is 2.91. The molecule has 112 valence electrons. The average molecular weight is 294 g/mol. The van der Waals surface area contributed by atoms with Crippen LogP contribution >= 0.6 is 0 Å². The van der Waals surface area contributed by atoms with Crippen molar-refractivity contribution in [1.82, 2.24) is 4.98 Å². The van der Waals surface area contributed by atoms with Crippen molar-refractivity contribution in [3.05, 3.63) is 59.8 Å². The first-order valence-corrected chi connectivity index (χ1v) is 7.17. The third kappa shape index (κ3) is 2.81. The summed E-state index contributed by atoms with van der Waals surface area (Å²) < 4.78 is 5.25. The first-order chi connectivity index (χ1) is 10.7. The van der Waals surface area contributed by atoms with E-state index in [0.29, 0.717) is 6.42 Å². The molecule has 0 radical (unpaired) electrons. The van der Waals surface area contributed by atoms with Crippen LogP contribution in [0.3, 0.4) is 0 Å². The van der Waals surface area contributed by atoms with Gasteiger partial charge in [-0.15, -0.1) is 0 Å². The number of fused-ring (bicyclic) bond motifs is 1. The lowest BCUT2D eigenvalue weighted by molar-refractivity contribution is -0.115. The molecule has 1 amide bonds. The van der Waals surface area contributed by atoms with Crippen molar-refractivity contribution in [2.75, 3.05) is 12.4 Å². The minimum Gasteiger partial charge on any atom is -0.497 e. The summed E-state index contributed by atoms with van der Waals surface area (Å²) in [4.78, 5) is 15.5. The van der Waals surface area contributed by atoms with Crippen LogP contribution in [0, 0.1) is 6.92 Å². The summed E-state index contributed by atoms with van der Waals surface area (Å²) in [6, 6.07) is 13.6. The molecule has 2 N–H and O–H groups in total. The van der Waals surface area contributed by atoms with Crippen molar-refractivity contribution in [1.29, 1.82) is 0 Å². The van der Waals surface area contributed by atoms with Crippen molar-refractivity contribution in [3.8, 4) is 5.75 Å². The Morgan fingerprint density at radius 2 is 2.05 bits per heavy atom. The van der Waals surface area contributed by atoms with Gasteiger partial charge in [0.05, 0.1) is 13.5 Å². The van der Waals surface area contributed by atoms with Gasteiger partial charge in [0.2, 0.25) is 5.91 Å². The zero-order valence-electron chi connectivity index (χ0n) is 12.6. The number of nitrogens with one attached hydrogen (secondary N) is 2. The summed E-state index contributed by atoms with van der Waals surface area (Å²) >= 11 is 0. The molecule has 22 heavy (non-hydrogen) atoms. The number of aryl methyl sites for hydroxylation is 1. The number of methoxy groups -OCH3 is 1. The Balaban J connectivity index is 1.81. The molecule has 1 heterocycles. The van der Waals surface area contributed by atoms with Crippen molar-refractivity contribution >= 4 is 22.5 Å². The van der Waals surface area contributed by atoms with E-state index in [-0.39, 0.29) is 5.91 Å². The topological polar surface area (TPSA) is 54.1 Å². The van der Waals surface area contributed by atoms with E-state index in [1.165, 1.54) is 0 Å². The smallest absolute Gasteiger partial charge is 0.228 e. The van der Waals surface area contributed by atoms with Crippen LogP contribution in [0.25, 0.3) is 10.9 Å². The maximum atomic E-state index is 12.3. The monoisotopic (exact) mass is 294 g/mol. The lowest BCUT2D eigenvalue weighted by atomic mass is 10.1. The van der Waals surface area contributed by atoms with Gasteiger partial charge in [0.25, 0.3) is 0 Å². The summed E-state index contributed by atoms with van der Waals surface area (Å²) in [6.45, 7) is 1.98. The number of ether oxygens (including phenoxy) is 1. The number of amides is 1. The lowest BCUT2D eigenvalue weighted by Gasteiger charge is -2.07. The number of aromatic nitrogens is 1. The molecule has 0 bridgehead atoms. The normalized spacial score (nSPS) is 10.6. The number of carbonyl (C=O) groups is 1. The van der Waals surface area contributed by atoms with Crippen molar-refractivity contribution < 1.29 is 9.53 Å². The molecule has 0 saturated heterocycles. The summed E-state index contributed by atoms with van der Waals surface area (Å²) in [6.07, 6.45) is 2.20. The van der Waals surface area contributed by atoms with Gasteiger partial charge >= 0.3 is 0 Å². The van der Waals surface area contributed by atoms with E-state index in [0.717, 1.165) is 33.5 Å². The Morgan fingerprint density at radius 3 is 2.82 bits per heavy atom. The van der Waals surface area contributed by atoms with Gasteiger partial charge in [-0.2, -0.15) is 0 Å². The number of aromatic amines is 1. The maximum absolute atomic E-state index is 12.3. The van der Waals surface area contributed by atoms with E-state index in [4.69, 9.17) is 4.74 Å². The van der Waals surface area contributed by atoms with Crippen LogP contribution < -0.4 is 10.1 Å². The molecule has 0 atom stereocenters. The Morgan fingerprint density at radius 1 is 1.23 bits per heavy atom. The van der Waals surface area contributed by atoms with E-state index in [1.54, 1.807) is 7.11 Å². The second kappa shape index (κ2) is 5.93. The summed E-state index contributed by atoms with van der Waals surface area (Å²) in [5.41, 5.74) is 3.86. The van der Waals surface area contributed by atoms with E-state index >= 15 is 0 Å². The molecular weight excluding hydrogens is 276 g/mol. The number of hydrogen-bond acceptors (Lipinski definition) is 2. The summed E-state index contributed by atoms with van der Waals surface area (Å²) in [7, 11) is 1.64. The number of benzene rings is 2. The molecule has 0 aliphatic carbocycles. The molecule has 4 nitrogen and oxygen atoms in total. The molecule has 0 spiro atoms. The molecule has 0 saturated carbocycles. The highest BCUT2D eigenvalue weighted by Gasteiger charge is 2.10. The minimum absolute atomic E-state index is 0.0296. The number of hydrogen-bond donors (Lipinski definition) is 2. The number of H-pyrrole nitrogens is 1. The van der Waals surface area contributed by atoms with Gasteiger partial charge in [-0.05, 0) is 42.3 Å². The van der Waals surface area contributed by atoms with Crippen molar-refractivity contribution in [2.24, 2.45) is 0 Å². The minimum atomic E-state index is -0.0296. The predicted octanol–water partition coefficient (Wildman–Crippen LogP) is 3.67. The largest absolute Gasteiger partial charge is 0.497 e. The lowest BCUT2D eigenvalue weighted by Crippen LogP contribution is -2.14. The Hall–Kier alpha value is -2.75. The van der Waals surface area contributed by atoms with Gasteiger partial charge in [0, 0.05) is 22.8 Å².